The zero-order chi connectivity index (χ0) is 14.1. The Morgan fingerprint density at radius 3 is 2.45 bits per heavy atom. The Labute approximate surface area is 118 Å². The fraction of sp³-hybridized carbons (Fsp3) is 0.562. The number of rotatable bonds is 7. The Morgan fingerprint density at radius 1 is 1.30 bits per heavy atom. The van der Waals surface area contributed by atoms with Crippen LogP contribution in [0.3, 0.4) is 0 Å². The van der Waals surface area contributed by atoms with E-state index in [4.69, 9.17) is 5.11 Å². The molecule has 0 bridgehead atoms. The summed E-state index contributed by atoms with van der Waals surface area (Å²) >= 11 is 0. The number of hydrogen-bond donors (Lipinski definition) is 2. The highest BCUT2D eigenvalue weighted by atomic mass is 19.1. The molecule has 2 N–H and O–H groups in total. The molecule has 0 aromatic heterocycles. The Morgan fingerprint density at radius 2 is 1.95 bits per heavy atom. The van der Waals surface area contributed by atoms with Crippen LogP contribution in [0, 0.1) is 23.6 Å². The maximum Gasteiger partial charge on any atom is 0.338 e. The van der Waals surface area contributed by atoms with Crippen molar-refractivity contribution in [3.63, 3.8) is 0 Å². The molecular weight excluding hydrogens is 257 g/mol. The van der Waals surface area contributed by atoms with Gasteiger partial charge in [0.05, 0.1) is 5.56 Å². The number of hydrogen-bond acceptors (Lipinski definition) is 2. The molecular formula is C16H20FNO2. The van der Waals surface area contributed by atoms with Crippen LogP contribution in [0.25, 0.3) is 0 Å². The maximum atomic E-state index is 13.6. The van der Waals surface area contributed by atoms with Gasteiger partial charge in [-0.15, -0.1) is 0 Å². The van der Waals surface area contributed by atoms with Crippen LogP contribution >= 0.6 is 0 Å². The lowest BCUT2D eigenvalue weighted by Crippen LogP contribution is -2.25. The van der Waals surface area contributed by atoms with Gasteiger partial charge in [-0.2, -0.15) is 0 Å². The second-order valence-corrected chi connectivity index (χ2v) is 6.09. The van der Waals surface area contributed by atoms with E-state index in [1.165, 1.54) is 37.8 Å². The van der Waals surface area contributed by atoms with Crippen LogP contribution in [0.15, 0.2) is 18.2 Å². The molecule has 0 amide bonds. The third kappa shape index (κ3) is 3.18. The topological polar surface area (TPSA) is 49.3 Å². The summed E-state index contributed by atoms with van der Waals surface area (Å²) in [7, 11) is 0. The number of halogens is 1. The van der Waals surface area contributed by atoms with E-state index in [1.807, 2.05) is 0 Å². The average molecular weight is 277 g/mol. The minimum Gasteiger partial charge on any atom is -0.478 e. The van der Waals surface area contributed by atoms with Gasteiger partial charge in [0, 0.05) is 6.54 Å². The van der Waals surface area contributed by atoms with Crippen molar-refractivity contribution in [1.82, 2.24) is 5.32 Å². The summed E-state index contributed by atoms with van der Waals surface area (Å²) in [6.07, 6.45) is 5.46. The van der Waals surface area contributed by atoms with Gasteiger partial charge in [-0.05, 0) is 67.7 Å². The first kappa shape index (κ1) is 13.6. The Kier molecular flexibility index (Phi) is 3.74. The number of carboxylic acid groups (broad SMARTS) is 1. The number of nitrogens with one attached hydrogen (secondary N) is 1. The Bertz CT molecular complexity index is 497. The first-order valence-corrected chi connectivity index (χ1v) is 7.37. The predicted molar refractivity (Wildman–Crippen MR) is 74.0 cm³/mol. The van der Waals surface area contributed by atoms with Gasteiger partial charge in [0.1, 0.15) is 5.82 Å². The van der Waals surface area contributed by atoms with Crippen molar-refractivity contribution in [1.29, 1.82) is 0 Å². The molecule has 0 aliphatic heterocycles. The second kappa shape index (κ2) is 5.52. The molecule has 20 heavy (non-hydrogen) atoms. The van der Waals surface area contributed by atoms with Crippen LogP contribution in [0.1, 0.15) is 41.6 Å². The van der Waals surface area contributed by atoms with Crippen molar-refractivity contribution in [3.8, 4) is 0 Å². The first-order valence-electron chi connectivity index (χ1n) is 7.37. The van der Waals surface area contributed by atoms with Crippen molar-refractivity contribution in [3.05, 3.63) is 35.1 Å². The molecule has 3 rings (SSSR count). The molecule has 0 heterocycles. The molecule has 0 atom stereocenters. The summed E-state index contributed by atoms with van der Waals surface area (Å²) in [5.41, 5.74) is 0.542. The van der Waals surface area contributed by atoms with Gasteiger partial charge >= 0.3 is 5.97 Å². The molecule has 2 saturated carbocycles. The molecule has 0 unspecified atom stereocenters. The van der Waals surface area contributed by atoms with Crippen molar-refractivity contribution >= 4 is 5.97 Å². The van der Waals surface area contributed by atoms with Crippen LogP contribution in [0.2, 0.25) is 0 Å². The summed E-state index contributed by atoms with van der Waals surface area (Å²) in [5, 5.41) is 12.2. The van der Waals surface area contributed by atoms with Crippen LogP contribution in [-0.4, -0.2) is 17.6 Å². The van der Waals surface area contributed by atoms with E-state index < -0.39 is 11.8 Å². The molecule has 0 radical (unpaired) electrons. The van der Waals surface area contributed by atoms with E-state index in [9.17, 15) is 9.18 Å². The zero-order valence-corrected chi connectivity index (χ0v) is 11.4. The van der Waals surface area contributed by atoms with Crippen molar-refractivity contribution in [2.75, 3.05) is 6.54 Å². The predicted octanol–water partition coefficient (Wildman–Crippen LogP) is 3.05. The molecule has 4 heteroatoms. The molecule has 2 aliphatic rings. The summed E-state index contributed by atoms with van der Waals surface area (Å²) in [5.74, 6) is 0.725. The van der Waals surface area contributed by atoms with Crippen LogP contribution < -0.4 is 5.32 Å². The summed E-state index contributed by atoms with van der Waals surface area (Å²) in [4.78, 5) is 10.7. The quantitative estimate of drug-likeness (QED) is 0.805. The molecule has 0 saturated heterocycles. The van der Waals surface area contributed by atoms with Crippen LogP contribution in [0.4, 0.5) is 4.39 Å². The molecule has 0 spiro atoms. The van der Waals surface area contributed by atoms with Gasteiger partial charge in [-0.25, -0.2) is 9.18 Å². The standard InChI is InChI=1S/C16H20FNO2/c17-15-7-10(1-6-13(15)16(19)20)8-18-9-14(11-2-3-11)12-4-5-12/h1,6-7,11-12,14,18H,2-5,8-9H2,(H,19,20). The fourth-order valence-corrected chi connectivity index (χ4v) is 2.99. The molecule has 2 aliphatic carbocycles. The number of carbonyl (C=O) groups is 1. The van der Waals surface area contributed by atoms with E-state index in [1.54, 1.807) is 6.07 Å². The average Bonchev–Trinajstić information content (AvgIpc) is 3.27. The minimum absolute atomic E-state index is 0.261. The van der Waals surface area contributed by atoms with Gasteiger partial charge < -0.3 is 10.4 Å². The normalized spacial score (nSPS) is 18.5. The third-order valence-electron chi connectivity index (χ3n) is 4.43. The molecule has 2 fully saturated rings. The highest BCUT2D eigenvalue weighted by Crippen LogP contribution is 2.48. The van der Waals surface area contributed by atoms with Gasteiger partial charge in [0.25, 0.3) is 0 Å². The van der Waals surface area contributed by atoms with E-state index in [2.05, 4.69) is 5.32 Å². The molecule has 3 nitrogen and oxygen atoms in total. The molecule has 1 aromatic rings. The first-order chi connectivity index (χ1) is 9.65. The zero-order valence-electron chi connectivity index (χ0n) is 11.4. The third-order valence-corrected chi connectivity index (χ3v) is 4.43. The highest BCUT2D eigenvalue weighted by Gasteiger charge is 2.40. The van der Waals surface area contributed by atoms with Gasteiger partial charge in [0.15, 0.2) is 0 Å². The summed E-state index contributed by atoms with van der Waals surface area (Å²) in [6, 6.07) is 4.34. The van der Waals surface area contributed by atoms with Crippen molar-refractivity contribution in [2.24, 2.45) is 17.8 Å². The van der Waals surface area contributed by atoms with Gasteiger partial charge in [0.2, 0.25) is 0 Å². The fourth-order valence-electron chi connectivity index (χ4n) is 2.99. The van der Waals surface area contributed by atoms with E-state index in [0.717, 1.165) is 29.9 Å². The lowest BCUT2D eigenvalue weighted by atomic mass is 9.98. The number of carboxylic acids is 1. The minimum atomic E-state index is -1.22. The van der Waals surface area contributed by atoms with Crippen molar-refractivity contribution < 1.29 is 14.3 Å². The van der Waals surface area contributed by atoms with Crippen LogP contribution in [-0.2, 0) is 6.54 Å². The lowest BCUT2D eigenvalue weighted by Gasteiger charge is -2.16. The van der Waals surface area contributed by atoms with E-state index >= 15 is 0 Å². The molecule has 1 aromatic carbocycles. The summed E-state index contributed by atoms with van der Waals surface area (Å²) in [6.45, 7) is 1.60. The SMILES string of the molecule is O=C(O)c1ccc(CNCC(C2CC2)C2CC2)cc1F. The number of benzene rings is 1. The Balaban J connectivity index is 1.52. The maximum absolute atomic E-state index is 13.6. The van der Waals surface area contributed by atoms with Crippen molar-refractivity contribution in [2.45, 2.75) is 32.2 Å². The number of aromatic carboxylic acids is 1. The second-order valence-electron chi connectivity index (χ2n) is 6.09. The smallest absolute Gasteiger partial charge is 0.338 e. The monoisotopic (exact) mass is 277 g/mol. The largest absolute Gasteiger partial charge is 0.478 e. The van der Waals surface area contributed by atoms with E-state index in [-0.39, 0.29) is 5.56 Å². The van der Waals surface area contributed by atoms with Gasteiger partial charge in [-0.1, -0.05) is 6.07 Å². The highest BCUT2D eigenvalue weighted by molar-refractivity contribution is 5.87. The summed E-state index contributed by atoms with van der Waals surface area (Å²) < 4.78 is 13.6. The molecule has 108 valence electrons. The lowest BCUT2D eigenvalue weighted by molar-refractivity contribution is 0.0692. The van der Waals surface area contributed by atoms with Gasteiger partial charge in [-0.3, -0.25) is 0 Å². The van der Waals surface area contributed by atoms with Crippen LogP contribution in [0.5, 0.6) is 0 Å². The van der Waals surface area contributed by atoms with E-state index in [0.29, 0.717) is 6.54 Å². The Hall–Kier alpha value is -1.42.